The van der Waals surface area contributed by atoms with Crippen LogP contribution >= 0.6 is 0 Å². The van der Waals surface area contributed by atoms with Gasteiger partial charge in [0.1, 0.15) is 0 Å². The van der Waals surface area contributed by atoms with Crippen molar-refractivity contribution in [3.63, 3.8) is 0 Å². The topological polar surface area (TPSA) is 49.4 Å². The summed E-state index contributed by atoms with van der Waals surface area (Å²) in [6.45, 7) is 3.14. The van der Waals surface area contributed by atoms with E-state index in [2.05, 4.69) is 5.32 Å². The summed E-state index contributed by atoms with van der Waals surface area (Å²) in [6.07, 6.45) is 10.4. The van der Waals surface area contributed by atoms with Crippen molar-refractivity contribution in [3.05, 3.63) is 0 Å². The Morgan fingerprint density at radius 1 is 0.952 bits per heavy atom. The molecule has 2 saturated carbocycles. The second-order valence-electron chi connectivity index (χ2n) is 7.20. The number of rotatable bonds is 5. The molecule has 0 radical (unpaired) electrons. The average molecular weight is 314 g/mol. The lowest BCUT2D eigenvalue weighted by atomic mass is 9.82. The monoisotopic (exact) mass is 314 g/mol. The van der Waals surface area contributed by atoms with Crippen LogP contribution in [0.4, 0.5) is 0 Å². The van der Waals surface area contributed by atoms with Crippen LogP contribution in [0.2, 0.25) is 0 Å². The maximum Gasteiger partial charge on any atom is 0.213 e. The van der Waals surface area contributed by atoms with Crippen molar-refractivity contribution in [2.45, 2.75) is 70.4 Å². The number of sulfonamides is 1. The van der Waals surface area contributed by atoms with Crippen molar-refractivity contribution in [2.24, 2.45) is 11.8 Å². The van der Waals surface area contributed by atoms with Crippen LogP contribution < -0.4 is 5.32 Å². The summed E-state index contributed by atoms with van der Waals surface area (Å²) in [6, 6.07) is 1.21. The lowest BCUT2D eigenvalue weighted by Crippen LogP contribution is -2.49. The van der Waals surface area contributed by atoms with E-state index in [0.29, 0.717) is 25.2 Å². The van der Waals surface area contributed by atoms with Gasteiger partial charge in [0, 0.05) is 25.2 Å². The second kappa shape index (κ2) is 6.55. The molecule has 4 nitrogen and oxygen atoms in total. The standard InChI is InChI=1S/C16H30N2O2S/c1-2-21(19,20)18-10-8-15(9-11-18)17-16-5-3-4-14(12-16)13-6-7-13/h13-17H,2-12H2,1H3. The summed E-state index contributed by atoms with van der Waals surface area (Å²) in [5, 5.41) is 3.84. The van der Waals surface area contributed by atoms with Gasteiger partial charge in [0.2, 0.25) is 10.0 Å². The lowest BCUT2D eigenvalue weighted by molar-refractivity contribution is 0.215. The Hall–Kier alpha value is -0.130. The van der Waals surface area contributed by atoms with E-state index < -0.39 is 10.0 Å². The third kappa shape index (κ3) is 3.99. The van der Waals surface area contributed by atoms with Gasteiger partial charge in [-0.3, -0.25) is 0 Å². The summed E-state index contributed by atoms with van der Waals surface area (Å²) >= 11 is 0. The molecule has 21 heavy (non-hydrogen) atoms. The van der Waals surface area contributed by atoms with Gasteiger partial charge in [-0.05, 0) is 57.3 Å². The fraction of sp³-hybridized carbons (Fsp3) is 1.00. The Kier molecular flexibility index (Phi) is 4.91. The van der Waals surface area contributed by atoms with Crippen molar-refractivity contribution in [3.8, 4) is 0 Å². The number of hydrogen-bond donors (Lipinski definition) is 1. The molecule has 2 atom stereocenters. The van der Waals surface area contributed by atoms with Gasteiger partial charge in [0.25, 0.3) is 0 Å². The summed E-state index contributed by atoms with van der Waals surface area (Å²) in [5.41, 5.74) is 0. The zero-order valence-corrected chi connectivity index (χ0v) is 14.1. The zero-order chi connectivity index (χ0) is 14.9. The molecule has 2 unspecified atom stereocenters. The molecule has 1 saturated heterocycles. The van der Waals surface area contributed by atoms with Gasteiger partial charge >= 0.3 is 0 Å². The molecule has 3 rings (SSSR count). The van der Waals surface area contributed by atoms with E-state index in [0.717, 1.165) is 24.7 Å². The fourth-order valence-corrected chi connectivity index (χ4v) is 5.32. The van der Waals surface area contributed by atoms with E-state index in [9.17, 15) is 8.42 Å². The first kappa shape index (κ1) is 15.8. The van der Waals surface area contributed by atoms with Crippen LogP contribution in [0.15, 0.2) is 0 Å². The van der Waals surface area contributed by atoms with Gasteiger partial charge in [-0.25, -0.2) is 12.7 Å². The molecule has 0 aromatic carbocycles. The Balaban J connectivity index is 1.44. The summed E-state index contributed by atoms with van der Waals surface area (Å²) < 4.78 is 25.4. The van der Waals surface area contributed by atoms with Gasteiger partial charge in [-0.2, -0.15) is 0 Å². The molecular weight excluding hydrogens is 284 g/mol. The highest BCUT2D eigenvalue weighted by Gasteiger charge is 2.35. The maximum atomic E-state index is 11.9. The summed E-state index contributed by atoms with van der Waals surface area (Å²) in [5.74, 6) is 2.24. The molecule has 1 heterocycles. The third-order valence-electron chi connectivity index (χ3n) is 5.69. The first-order chi connectivity index (χ1) is 10.1. The number of piperidine rings is 1. The predicted molar refractivity (Wildman–Crippen MR) is 85.7 cm³/mol. The highest BCUT2D eigenvalue weighted by molar-refractivity contribution is 7.89. The Bertz CT molecular complexity index is 439. The summed E-state index contributed by atoms with van der Waals surface area (Å²) in [4.78, 5) is 0. The molecule has 1 N–H and O–H groups in total. The van der Waals surface area contributed by atoms with Gasteiger partial charge in [-0.15, -0.1) is 0 Å². The SMILES string of the molecule is CCS(=O)(=O)N1CCC(NC2CCCC(C3CC3)C2)CC1. The number of nitrogens with one attached hydrogen (secondary N) is 1. The number of nitrogens with zero attached hydrogens (tertiary/aromatic N) is 1. The van der Waals surface area contributed by atoms with E-state index in [1.54, 1.807) is 11.2 Å². The first-order valence-corrected chi connectivity index (χ1v) is 10.4. The quantitative estimate of drug-likeness (QED) is 0.847. The normalized spacial score (nSPS) is 33.2. The van der Waals surface area contributed by atoms with Gasteiger partial charge in [0.15, 0.2) is 0 Å². The molecule has 0 amide bonds. The van der Waals surface area contributed by atoms with Crippen LogP contribution in [0.25, 0.3) is 0 Å². The van der Waals surface area contributed by atoms with E-state index in [1.165, 1.54) is 38.5 Å². The van der Waals surface area contributed by atoms with E-state index in [4.69, 9.17) is 0 Å². The van der Waals surface area contributed by atoms with Crippen LogP contribution in [-0.2, 0) is 10.0 Å². The van der Waals surface area contributed by atoms with Crippen LogP contribution in [0.3, 0.4) is 0 Å². The highest BCUT2D eigenvalue weighted by atomic mass is 32.2. The molecule has 122 valence electrons. The van der Waals surface area contributed by atoms with E-state index in [-0.39, 0.29) is 5.75 Å². The summed E-state index contributed by atoms with van der Waals surface area (Å²) in [7, 11) is -2.98. The van der Waals surface area contributed by atoms with Crippen LogP contribution in [0.5, 0.6) is 0 Å². The highest BCUT2D eigenvalue weighted by Crippen LogP contribution is 2.44. The van der Waals surface area contributed by atoms with E-state index in [1.807, 2.05) is 0 Å². The average Bonchev–Trinajstić information content (AvgIpc) is 3.33. The molecule has 0 aromatic heterocycles. The predicted octanol–water partition coefficient (Wildman–Crippen LogP) is 2.36. The minimum atomic E-state index is -2.98. The third-order valence-corrected chi connectivity index (χ3v) is 7.57. The van der Waals surface area contributed by atoms with Crippen molar-refractivity contribution >= 4 is 10.0 Å². The van der Waals surface area contributed by atoms with Crippen molar-refractivity contribution in [1.82, 2.24) is 9.62 Å². The molecule has 0 aromatic rings. The van der Waals surface area contributed by atoms with Crippen LogP contribution in [0.1, 0.15) is 58.3 Å². The van der Waals surface area contributed by atoms with Crippen molar-refractivity contribution in [1.29, 1.82) is 0 Å². The van der Waals surface area contributed by atoms with Crippen LogP contribution in [-0.4, -0.2) is 43.6 Å². The molecule has 0 spiro atoms. The van der Waals surface area contributed by atoms with Gasteiger partial charge < -0.3 is 5.32 Å². The molecule has 3 fully saturated rings. The molecular formula is C16H30N2O2S. The van der Waals surface area contributed by atoms with E-state index >= 15 is 0 Å². The van der Waals surface area contributed by atoms with Crippen molar-refractivity contribution < 1.29 is 8.42 Å². The van der Waals surface area contributed by atoms with Crippen LogP contribution in [0, 0.1) is 11.8 Å². The molecule has 1 aliphatic heterocycles. The van der Waals surface area contributed by atoms with Gasteiger partial charge in [0.05, 0.1) is 5.75 Å². The Labute approximate surface area is 129 Å². The Morgan fingerprint density at radius 3 is 2.29 bits per heavy atom. The Morgan fingerprint density at radius 2 is 1.67 bits per heavy atom. The minimum absolute atomic E-state index is 0.233. The molecule has 5 heteroatoms. The molecule has 0 bridgehead atoms. The lowest BCUT2D eigenvalue weighted by Gasteiger charge is -2.36. The maximum absolute atomic E-state index is 11.9. The number of hydrogen-bond acceptors (Lipinski definition) is 3. The van der Waals surface area contributed by atoms with Crippen molar-refractivity contribution in [2.75, 3.05) is 18.8 Å². The fourth-order valence-electron chi connectivity index (χ4n) is 4.19. The zero-order valence-electron chi connectivity index (χ0n) is 13.3. The molecule has 3 aliphatic rings. The van der Waals surface area contributed by atoms with Gasteiger partial charge in [-0.1, -0.05) is 12.8 Å². The first-order valence-electron chi connectivity index (χ1n) is 8.82. The second-order valence-corrected chi connectivity index (χ2v) is 9.46. The minimum Gasteiger partial charge on any atom is -0.311 e. The smallest absolute Gasteiger partial charge is 0.213 e. The largest absolute Gasteiger partial charge is 0.311 e. The molecule has 2 aliphatic carbocycles.